The molecule has 1 N–H and O–H groups in total. The maximum Gasteiger partial charge on any atom is 0.193 e. The molecule has 3 aliphatic rings. The largest absolute Gasteiger partial charge is 0.408 e. The van der Waals surface area contributed by atoms with E-state index in [1.54, 1.807) is 0 Å². The molecule has 0 aromatic heterocycles. The zero-order valence-corrected chi connectivity index (χ0v) is 24.7. The number of aliphatic hydroxyl groups is 1. The lowest BCUT2D eigenvalue weighted by Gasteiger charge is -2.57. The molecule has 6 heteroatoms. The summed E-state index contributed by atoms with van der Waals surface area (Å²) in [5, 5.41) is 12.4. The Morgan fingerprint density at radius 2 is 1.55 bits per heavy atom. The zero-order chi connectivity index (χ0) is 24.9. The van der Waals surface area contributed by atoms with Gasteiger partial charge in [-0.05, 0) is 59.2 Å². The molecule has 0 radical (unpaired) electrons. The maximum absolute atomic E-state index is 12.4. The first-order valence-corrected chi connectivity index (χ1v) is 19.6. The van der Waals surface area contributed by atoms with Crippen LogP contribution in [0.3, 0.4) is 0 Å². The van der Waals surface area contributed by atoms with Gasteiger partial charge in [-0.1, -0.05) is 50.6 Å². The predicted molar refractivity (Wildman–Crippen MR) is 141 cm³/mol. The lowest BCUT2D eigenvalue weighted by Crippen LogP contribution is -2.64. The fourth-order valence-corrected chi connectivity index (χ4v) is 8.00. The van der Waals surface area contributed by atoms with Crippen molar-refractivity contribution < 1.29 is 19.0 Å². The van der Waals surface area contributed by atoms with Crippen LogP contribution in [0, 0.1) is 16.9 Å². The maximum atomic E-state index is 12.4. The molecule has 0 saturated carbocycles. The average Bonchev–Trinajstić information content (AvgIpc) is 3.10. The van der Waals surface area contributed by atoms with Crippen LogP contribution in [0.15, 0.2) is 22.3 Å². The summed E-state index contributed by atoms with van der Waals surface area (Å²) in [4.78, 5) is 0. The molecular weight excluding hydrogens is 444 g/mol. The van der Waals surface area contributed by atoms with Crippen LogP contribution in [-0.2, 0) is 13.9 Å². The van der Waals surface area contributed by atoms with E-state index in [0.717, 1.165) is 43.3 Å². The summed E-state index contributed by atoms with van der Waals surface area (Å²) in [7, 11) is -3.61. The van der Waals surface area contributed by atoms with Crippen LogP contribution in [0.2, 0.25) is 39.3 Å². The second kappa shape index (κ2) is 9.07. The van der Waals surface area contributed by atoms with Crippen molar-refractivity contribution in [2.24, 2.45) is 5.41 Å². The van der Waals surface area contributed by atoms with E-state index in [1.165, 1.54) is 11.1 Å². The quantitative estimate of drug-likeness (QED) is 0.290. The van der Waals surface area contributed by atoms with Crippen LogP contribution in [0.5, 0.6) is 0 Å². The van der Waals surface area contributed by atoms with Gasteiger partial charge < -0.3 is 19.0 Å². The van der Waals surface area contributed by atoms with Gasteiger partial charge in [0.25, 0.3) is 0 Å². The number of ether oxygens (including phenoxy) is 2. The molecular formula is C27H46O4Si2. The standard InChI is InChI=1S/C27H46O4Si2/c1-20-13-16-26(31-33(8,9)10,25(3,4)22(20)14-19-32(5,6)7)24(28)23-21(2)12-11-15-27(23)29-17-18-30-27/h24,28H,11-13,15-18H2,1-10H3/t24-,26+/m0/s1. The second-order valence-electron chi connectivity index (χ2n) is 12.8. The molecule has 0 aromatic rings. The van der Waals surface area contributed by atoms with E-state index in [4.69, 9.17) is 13.9 Å². The third-order valence-corrected chi connectivity index (χ3v) is 9.28. The van der Waals surface area contributed by atoms with Gasteiger partial charge in [-0.3, -0.25) is 0 Å². The number of hydrogen-bond donors (Lipinski definition) is 1. The van der Waals surface area contributed by atoms with E-state index >= 15 is 0 Å². The summed E-state index contributed by atoms with van der Waals surface area (Å²) in [6, 6.07) is 0. The summed E-state index contributed by atoms with van der Waals surface area (Å²) in [6.07, 6.45) is 3.59. The Bertz CT molecular complexity index is 886. The normalized spacial score (nSPS) is 28.7. The van der Waals surface area contributed by atoms with Crippen molar-refractivity contribution in [3.05, 3.63) is 22.3 Å². The molecule has 0 bridgehead atoms. The van der Waals surface area contributed by atoms with Crippen LogP contribution in [0.25, 0.3) is 0 Å². The minimum atomic E-state index is -2.04. The number of rotatable bonds is 4. The fourth-order valence-electron chi connectivity index (χ4n) is 5.94. The number of allylic oxidation sites excluding steroid dienone is 2. The van der Waals surface area contributed by atoms with Gasteiger partial charge in [0.15, 0.2) is 14.1 Å². The topological polar surface area (TPSA) is 47.9 Å². The van der Waals surface area contributed by atoms with Gasteiger partial charge in [0, 0.05) is 23.0 Å². The van der Waals surface area contributed by atoms with Crippen LogP contribution in [0.4, 0.5) is 0 Å². The summed E-state index contributed by atoms with van der Waals surface area (Å²) in [5.74, 6) is 2.80. The summed E-state index contributed by atoms with van der Waals surface area (Å²) in [5.41, 5.74) is 6.93. The van der Waals surface area contributed by atoms with Crippen molar-refractivity contribution in [3.8, 4) is 11.5 Å². The molecule has 0 unspecified atom stereocenters. The Hall–Kier alpha value is -0.686. The van der Waals surface area contributed by atoms with E-state index in [-0.39, 0.29) is 0 Å². The first-order chi connectivity index (χ1) is 15.0. The summed E-state index contributed by atoms with van der Waals surface area (Å²) < 4.78 is 19.6. The smallest absolute Gasteiger partial charge is 0.193 e. The van der Waals surface area contributed by atoms with Crippen molar-refractivity contribution >= 4 is 16.4 Å². The minimum Gasteiger partial charge on any atom is -0.408 e. The van der Waals surface area contributed by atoms with Crippen molar-refractivity contribution in [1.29, 1.82) is 0 Å². The molecule has 1 spiro atoms. The molecule has 0 aromatic carbocycles. The Morgan fingerprint density at radius 1 is 0.939 bits per heavy atom. The summed E-state index contributed by atoms with van der Waals surface area (Å²) in [6.45, 7) is 23.4. The van der Waals surface area contributed by atoms with E-state index in [1.807, 2.05) is 0 Å². The van der Waals surface area contributed by atoms with Crippen molar-refractivity contribution in [1.82, 2.24) is 0 Å². The van der Waals surface area contributed by atoms with E-state index in [0.29, 0.717) is 13.2 Å². The third kappa shape index (κ3) is 5.15. The highest BCUT2D eigenvalue weighted by atomic mass is 28.4. The zero-order valence-electron chi connectivity index (χ0n) is 22.7. The Labute approximate surface area is 204 Å². The SMILES string of the molecule is CC1=C([C@H](O)[C@]2(O[Si](C)(C)C)CCC(C)=C(C#C[Si](C)(C)C)C2(C)C)C2(CCC1)OCCO2. The molecule has 2 atom stereocenters. The highest BCUT2D eigenvalue weighted by molar-refractivity contribution is 6.83. The van der Waals surface area contributed by atoms with Crippen molar-refractivity contribution in [2.75, 3.05) is 13.2 Å². The van der Waals surface area contributed by atoms with Gasteiger partial charge >= 0.3 is 0 Å². The van der Waals surface area contributed by atoms with Gasteiger partial charge in [0.1, 0.15) is 14.2 Å². The van der Waals surface area contributed by atoms with Gasteiger partial charge in [0.05, 0.1) is 18.8 Å². The summed E-state index contributed by atoms with van der Waals surface area (Å²) >= 11 is 0. The first kappa shape index (κ1) is 26.9. The average molecular weight is 491 g/mol. The minimum absolute atomic E-state index is 0.452. The van der Waals surface area contributed by atoms with Gasteiger partial charge in [-0.15, -0.1) is 5.54 Å². The Morgan fingerprint density at radius 3 is 2.09 bits per heavy atom. The molecule has 1 saturated heterocycles. The van der Waals surface area contributed by atoms with Gasteiger partial charge in [0.2, 0.25) is 0 Å². The van der Waals surface area contributed by atoms with Crippen molar-refractivity contribution in [3.63, 3.8) is 0 Å². The molecule has 2 aliphatic carbocycles. The van der Waals surface area contributed by atoms with Gasteiger partial charge in [-0.2, -0.15) is 0 Å². The molecule has 0 amide bonds. The monoisotopic (exact) mass is 490 g/mol. The number of aliphatic hydroxyl groups excluding tert-OH is 1. The lowest BCUT2D eigenvalue weighted by molar-refractivity contribution is -0.176. The van der Waals surface area contributed by atoms with Crippen LogP contribution < -0.4 is 0 Å². The molecule has 1 aliphatic heterocycles. The molecule has 33 heavy (non-hydrogen) atoms. The number of hydrogen-bond acceptors (Lipinski definition) is 4. The first-order valence-electron chi connectivity index (χ1n) is 12.6. The molecule has 3 rings (SSSR count). The lowest BCUT2D eigenvalue weighted by atomic mass is 9.58. The Kier molecular flexibility index (Phi) is 7.40. The molecule has 186 valence electrons. The highest BCUT2D eigenvalue weighted by Gasteiger charge is 2.61. The third-order valence-electron chi connectivity index (χ3n) is 7.43. The van der Waals surface area contributed by atoms with Crippen LogP contribution in [-0.4, -0.2) is 52.2 Å². The van der Waals surface area contributed by atoms with Crippen LogP contribution >= 0.6 is 0 Å². The predicted octanol–water partition coefficient (Wildman–Crippen LogP) is 6.20. The highest BCUT2D eigenvalue weighted by Crippen LogP contribution is 2.56. The van der Waals surface area contributed by atoms with Gasteiger partial charge in [-0.25, -0.2) is 0 Å². The molecule has 1 heterocycles. The van der Waals surface area contributed by atoms with E-state index in [2.05, 4.69) is 78.4 Å². The van der Waals surface area contributed by atoms with Crippen LogP contribution in [0.1, 0.15) is 59.8 Å². The molecule has 4 nitrogen and oxygen atoms in total. The van der Waals surface area contributed by atoms with E-state index < -0.39 is 39.3 Å². The molecule has 1 fully saturated rings. The van der Waals surface area contributed by atoms with E-state index in [9.17, 15) is 5.11 Å². The second-order valence-corrected chi connectivity index (χ2v) is 22.0. The van der Waals surface area contributed by atoms with Crippen molar-refractivity contribution in [2.45, 2.75) is 117 Å². The fraction of sp³-hybridized carbons (Fsp3) is 0.778. The Balaban J connectivity index is 2.20.